The summed E-state index contributed by atoms with van der Waals surface area (Å²) in [5, 5.41) is 8.50. The van der Waals surface area contributed by atoms with E-state index in [2.05, 4.69) is 6.92 Å². The molecule has 0 spiro atoms. The van der Waals surface area contributed by atoms with Gasteiger partial charge in [0, 0.05) is 28.9 Å². The molecule has 0 aliphatic rings. The van der Waals surface area contributed by atoms with E-state index in [-0.39, 0.29) is 6.61 Å². The molecule has 0 saturated carbocycles. The fourth-order valence-corrected chi connectivity index (χ4v) is 2.30. The van der Waals surface area contributed by atoms with Gasteiger partial charge in [0.1, 0.15) is 0 Å². The maximum atomic E-state index is 11.2. The van der Waals surface area contributed by atoms with E-state index < -0.39 is 10.8 Å². The van der Waals surface area contributed by atoms with Crippen LogP contribution in [0.2, 0.25) is 0 Å². The first-order valence-corrected chi connectivity index (χ1v) is 6.26. The van der Waals surface area contributed by atoms with Gasteiger partial charge in [0.05, 0.1) is 0 Å². The van der Waals surface area contributed by atoms with Crippen molar-refractivity contribution in [1.82, 2.24) is 0 Å². The van der Waals surface area contributed by atoms with Crippen LogP contribution >= 0.6 is 0 Å². The molecule has 1 N–H and O–H groups in total. The molecule has 0 aliphatic carbocycles. The molecule has 0 aromatic heterocycles. The minimum atomic E-state index is -0.605. The minimum absolute atomic E-state index is 0.265. The van der Waals surface area contributed by atoms with Gasteiger partial charge in [-0.15, -0.1) is 0 Å². The molecule has 74 valence electrons. The molecule has 0 amide bonds. The van der Waals surface area contributed by atoms with Crippen molar-refractivity contribution in [2.24, 2.45) is 0 Å². The van der Waals surface area contributed by atoms with E-state index >= 15 is 0 Å². The van der Waals surface area contributed by atoms with Crippen molar-refractivity contribution in [2.45, 2.75) is 39.0 Å². The highest BCUT2D eigenvalue weighted by Gasteiger charge is 1.97. The molecule has 0 aliphatic heterocycles. The van der Waals surface area contributed by atoms with Gasteiger partial charge in [-0.1, -0.05) is 19.8 Å². The van der Waals surface area contributed by atoms with E-state index in [0.717, 1.165) is 43.6 Å². The lowest BCUT2D eigenvalue weighted by molar-refractivity contribution is 0.284. The molecular weight excluding hydrogens is 172 g/mol. The summed E-state index contributed by atoms with van der Waals surface area (Å²) in [6, 6.07) is 0. The highest BCUT2D eigenvalue weighted by atomic mass is 32.2. The Morgan fingerprint density at radius 3 is 2.33 bits per heavy atom. The van der Waals surface area contributed by atoms with Crippen LogP contribution < -0.4 is 0 Å². The molecule has 0 saturated heterocycles. The zero-order chi connectivity index (χ0) is 9.23. The second-order valence-corrected chi connectivity index (χ2v) is 4.68. The molecule has 0 fully saturated rings. The molecule has 0 aromatic carbocycles. The normalized spacial score (nSPS) is 13.2. The molecule has 0 heterocycles. The lowest BCUT2D eigenvalue weighted by Crippen LogP contribution is -2.02. The lowest BCUT2D eigenvalue weighted by Gasteiger charge is -2.00. The van der Waals surface area contributed by atoms with E-state index in [1.807, 2.05) is 0 Å². The summed E-state index contributed by atoms with van der Waals surface area (Å²) in [5.74, 6) is 1.68. The van der Waals surface area contributed by atoms with Crippen LogP contribution in [0.25, 0.3) is 0 Å². The number of aliphatic hydroxyl groups is 1. The second kappa shape index (κ2) is 9.20. The smallest absolute Gasteiger partial charge is 0.0431 e. The Morgan fingerprint density at radius 2 is 1.75 bits per heavy atom. The maximum Gasteiger partial charge on any atom is 0.0431 e. The SMILES string of the molecule is CCCC[S@@](=O)CCCCCO. The Labute approximate surface area is 77.8 Å². The van der Waals surface area contributed by atoms with Crippen LogP contribution in [-0.4, -0.2) is 27.4 Å². The molecule has 0 rings (SSSR count). The van der Waals surface area contributed by atoms with Crippen molar-refractivity contribution >= 4 is 10.8 Å². The van der Waals surface area contributed by atoms with Gasteiger partial charge in [-0.3, -0.25) is 4.21 Å². The third-order valence-electron chi connectivity index (χ3n) is 1.76. The van der Waals surface area contributed by atoms with Gasteiger partial charge in [-0.25, -0.2) is 0 Å². The largest absolute Gasteiger partial charge is 0.396 e. The fraction of sp³-hybridized carbons (Fsp3) is 1.00. The number of aliphatic hydroxyl groups excluding tert-OH is 1. The Kier molecular flexibility index (Phi) is 9.28. The number of unbranched alkanes of at least 4 members (excludes halogenated alkanes) is 3. The summed E-state index contributed by atoms with van der Waals surface area (Å²) in [6.07, 6.45) is 5.06. The third kappa shape index (κ3) is 8.21. The average molecular weight is 192 g/mol. The monoisotopic (exact) mass is 192 g/mol. The molecular formula is C9H20O2S. The van der Waals surface area contributed by atoms with Crippen LogP contribution in [0.5, 0.6) is 0 Å². The van der Waals surface area contributed by atoms with Crippen LogP contribution in [0.1, 0.15) is 39.0 Å². The van der Waals surface area contributed by atoms with E-state index in [9.17, 15) is 4.21 Å². The quantitative estimate of drug-likeness (QED) is 0.594. The molecule has 0 unspecified atom stereocenters. The van der Waals surface area contributed by atoms with Crippen molar-refractivity contribution in [3.8, 4) is 0 Å². The van der Waals surface area contributed by atoms with Crippen LogP contribution in [0.3, 0.4) is 0 Å². The van der Waals surface area contributed by atoms with Gasteiger partial charge in [0.15, 0.2) is 0 Å². The van der Waals surface area contributed by atoms with Gasteiger partial charge < -0.3 is 5.11 Å². The van der Waals surface area contributed by atoms with Crippen molar-refractivity contribution in [2.75, 3.05) is 18.1 Å². The fourth-order valence-electron chi connectivity index (χ4n) is 0.959. The summed E-state index contributed by atoms with van der Waals surface area (Å²) in [5.41, 5.74) is 0. The maximum absolute atomic E-state index is 11.2. The summed E-state index contributed by atoms with van der Waals surface area (Å²) in [4.78, 5) is 0. The predicted octanol–water partition coefficient (Wildman–Crippen LogP) is 1.70. The zero-order valence-electron chi connectivity index (χ0n) is 7.92. The Balaban J connectivity index is 3.08. The summed E-state index contributed by atoms with van der Waals surface area (Å²) in [7, 11) is -0.605. The van der Waals surface area contributed by atoms with Crippen LogP contribution in [0.15, 0.2) is 0 Å². The molecule has 0 bridgehead atoms. The third-order valence-corrected chi connectivity index (χ3v) is 3.24. The summed E-state index contributed by atoms with van der Waals surface area (Å²) < 4.78 is 11.2. The number of hydrogen-bond acceptors (Lipinski definition) is 2. The minimum Gasteiger partial charge on any atom is -0.396 e. The van der Waals surface area contributed by atoms with E-state index in [1.165, 1.54) is 0 Å². The Hall–Kier alpha value is 0.110. The molecule has 0 radical (unpaired) electrons. The summed E-state index contributed by atoms with van der Waals surface area (Å²) in [6.45, 7) is 2.38. The second-order valence-electron chi connectivity index (χ2n) is 2.99. The average Bonchev–Trinajstić information content (AvgIpc) is 2.09. The lowest BCUT2D eigenvalue weighted by atomic mass is 10.3. The van der Waals surface area contributed by atoms with Gasteiger partial charge in [-0.05, 0) is 19.3 Å². The molecule has 1 atom stereocenters. The van der Waals surface area contributed by atoms with Crippen LogP contribution in [0.4, 0.5) is 0 Å². The first-order valence-electron chi connectivity index (χ1n) is 4.77. The first-order chi connectivity index (χ1) is 5.81. The van der Waals surface area contributed by atoms with Gasteiger partial charge in [-0.2, -0.15) is 0 Å². The van der Waals surface area contributed by atoms with Crippen molar-refractivity contribution in [3.63, 3.8) is 0 Å². The molecule has 12 heavy (non-hydrogen) atoms. The van der Waals surface area contributed by atoms with Gasteiger partial charge in [0.2, 0.25) is 0 Å². The number of rotatable bonds is 8. The predicted molar refractivity (Wildman–Crippen MR) is 53.7 cm³/mol. The number of hydrogen-bond donors (Lipinski definition) is 1. The van der Waals surface area contributed by atoms with Crippen molar-refractivity contribution in [3.05, 3.63) is 0 Å². The van der Waals surface area contributed by atoms with Gasteiger partial charge >= 0.3 is 0 Å². The highest BCUT2D eigenvalue weighted by Crippen LogP contribution is 1.99. The Bertz CT molecular complexity index is 115. The molecule has 0 aromatic rings. The summed E-state index contributed by atoms with van der Waals surface area (Å²) >= 11 is 0. The highest BCUT2D eigenvalue weighted by molar-refractivity contribution is 7.84. The molecule has 2 nitrogen and oxygen atoms in total. The standard InChI is InChI=1S/C9H20O2S/c1-2-3-8-12(11)9-6-4-5-7-10/h10H,2-9H2,1H3/t12-/m1/s1. The topological polar surface area (TPSA) is 37.3 Å². The van der Waals surface area contributed by atoms with Crippen molar-refractivity contribution < 1.29 is 9.32 Å². The zero-order valence-corrected chi connectivity index (χ0v) is 8.74. The van der Waals surface area contributed by atoms with Crippen LogP contribution in [-0.2, 0) is 10.8 Å². The van der Waals surface area contributed by atoms with Gasteiger partial charge in [0.25, 0.3) is 0 Å². The van der Waals surface area contributed by atoms with E-state index in [1.54, 1.807) is 0 Å². The van der Waals surface area contributed by atoms with E-state index in [0.29, 0.717) is 0 Å². The first kappa shape index (κ1) is 12.1. The Morgan fingerprint density at radius 1 is 1.08 bits per heavy atom. The van der Waals surface area contributed by atoms with E-state index in [4.69, 9.17) is 5.11 Å². The molecule has 3 heteroatoms. The van der Waals surface area contributed by atoms with Crippen molar-refractivity contribution in [1.29, 1.82) is 0 Å². The van der Waals surface area contributed by atoms with Crippen LogP contribution in [0, 0.1) is 0 Å².